The van der Waals surface area contributed by atoms with Crippen LogP contribution in [0.3, 0.4) is 0 Å². The Balaban J connectivity index is 1.34. The maximum atomic E-state index is 13.8. The summed E-state index contributed by atoms with van der Waals surface area (Å²) in [6.07, 6.45) is 0.854. The second-order valence-electron chi connectivity index (χ2n) is 7.58. The summed E-state index contributed by atoms with van der Waals surface area (Å²) in [5.41, 5.74) is 6.05. The van der Waals surface area contributed by atoms with Crippen LogP contribution >= 0.6 is 23.4 Å². The number of aryl methyl sites for hydroxylation is 1. The van der Waals surface area contributed by atoms with E-state index in [1.807, 2.05) is 6.92 Å². The molecule has 0 saturated carbocycles. The second kappa shape index (κ2) is 11.9. The SMILES string of the molecule is Cc1cc(Cl)ccc1OCCCC(=O)NNC(=O)[C@H]1CS[C@@H](Cc2ccccc2F)C(=O)N1. The number of halogens is 2. The van der Waals surface area contributed by atoms with Gasteiger partial charge in [0.05, 0.1) is 11.9 Å². The summed E-state index contributed by atoms with van der Waals surface area (Å²) >= 11 is 7.19. The third-order valence-corrected chi connectivity index (χ3v) is 6.56. The van der Waals surface area contributed by atoms with Gasteiger partial charge in [-0.15, -0.1) is 11.8 Å². The monoisotopic (exact) mass is 493 g/mol. The van der Waals surface area contributed by atoms with E-state index in [0.29, 0.717) is 35.1 Å². The van der Waals surface area contributed by atoms with Crippen molar-refractivity contribution in [2.75, 3.05) is 12.4 Å². The summed E-state index contributed by atoms with van der Waals surface area (Å²) in [6, 6.07) is 10.8. The van der Waals surface area contributed by atoms with Crippen molar-refractivity contribution >= 4 is 41.1 Å². The van der Waals surface area contributed by atoms with Crippen molar-refractivity contribution in [3.05, 3.63) is 64.4 Å². The van der Waals surface area contributed by atoms with Gasteiger partial charge >= 0.3 is 0 Å². The summed E-state index contributed by atoms with van der Waals surface area (Å²) in [5, 5.41) is 2.78. The first kappa shape index (κ1) is 24.9. The van der Waals surface area contributed by atoms with Crippen molar-refractivity contribution in [1.29, 1.82) is 0 Å². The lowest BCUT2D eigenvalue weighted by Gasteiger charge is -2.28. The highest BCUT2D eigenvalue weighted by Crippen LogP contribution is 2.23. The summed E-state index contributed by atoms with van der Waals surface area (Å²) in [7, 11) is 0. The van der Waals surface area contributed by atoms with Gasteiger partial charge in [0.2, 0.25) is 11.8 Å². The largest absolute Gasteiger partial charge is 0.493 e. The van der Waals surface area contributed by atoms with Crippen LogP contribution in [0.4, 0.5) is 4.39 Å². The molecule has 0 aromatic heterocycles. The molecule has 1 saturated heterocycles. The highest BCUT2D eigenvalue weighted by molar-refractivity contribution is 8.00. The first-order valence-electron chi connectivity index (χ1n) is 10.5. The molecule has 2 aromatic carbocycles. The Bertz CT molecular complexity index is 1020. The molecule has 0 bridgehead atoms. The molecule has 1 heterocycles. The summed E-state index contributed by atoms with van der Waals surface area (Å²) in [6.45, 7) is 2.22. The average molecular weight is 494 g/mol. The van der Waals surface area contributed by atoms with E-state index in [2.05, 4.69) is 16.2 Å². The first-order valence-corrected chi connectivity index (χ1v) is 11.9. The van der Waals surface area contributed by atoms with Gasteiger partial charge in [0.15, 0.2) is 0 Å². The number of hydrazine groups is 1. The summed E-state index contributed by atoms with van der Waals surface area (Å²) < 4.78 is 19.5. The molecule has 3 rings (SSSR count). The van der Waals surface area contributed by atoms with Crippen LogP contribution in [0.15, 0.2) is 42.5 Å². The molecule has 2 atom stereocenters. The Morgan fingerprint density at radius 1 is 1.24 bits per heavy atom. The van der Waals surface area contributed by atoms with Crippen LogP contribution in [-0.2, 0) is 20.8 Å². The molecule has 1 aliphatic rings. The normalized spacial score (nSPS) is 17.7. The fourth-order valence-corrected chi connectivity index (χ4v) is 4.62. The van der Waals surface area contributed by atoms with Crippen LogP contribution in [0.1, 0.15) is 24.0 Å². The highest BCUT2D eigenvalue weighted by atomic mass is 35.5. The molecule has 176 valence electrons. The van der Waals surface area contributed by atoms with E-state index in [1.165, 1.54) is 17.8 Å². The van der Waals surface area contributed by atoms with E-state index in [4.69, 9.17) is 16.3 Å². The van der Waals surface area contributed by atoms with Crippen molar-refractivity contribution < 1.29 is 23.5 Å². The first-order chi connectivity index (χ1) is 15.8. The van der Waals surface area contributed by atoms with E-state index >= 15 is 0 Å². The molecule has 10 heteroatoms. The van der Waals surface area contributed by atoms with Crippen LogP contribution in [0.25, 0.3) is 0 Å². The minimum absolute atomic E-state index is 0.156. The molecule has 1 fully saturated rings. The van der Waals surface area contributed by atoms with Crippen molar-refractivity contribution in [2.24, 2.45) is 0 Å². The van der Waals surface area contributed by atoms with Crippen molar-refractivity contribution in [3.63, 3.8) is 0 Å². The molecule has 3 amide bonds. The Hall–Kier alpha value is -2.78. The Morgan fingerprint density at radius 3 is 2.76 bits per heavy atom. The maximum absolute atomic E-state index is 13.8. The lowest BCUT2D eigenvalue weighted by molar-refractivity contribution is -0.132. The maximum Gasteiger partial charge on any atom is 0.261 e. The predicted molar refractivity (Wildman–Crippen MR) is 125 cm³/mol. The molecule has 0 unspecified atom stereocenters. The van der Waals surface area contributed by atoms with Crippen molar-refractivity contribution in [2.45, 2.75) is 37.5 Å². The third kappa shape index (κ3) is 7.36. The molecule has 0 radical (unpaired) electrons. The van der Waals surface area contributed by atoms with Gasteiger partial charge in [-0.3, -0.25) is 25.2 Å². The fraction of sp³-hybridized carbons (Fsp3) is 0.348. The number of hydrogen-bond donors (Lipinski definition) is 3. The second-order valence-corrected chi connectivity index (χ2v) is 9.25. The number of thioether (sulfide) groups is 1. The predicted octanol–water partition coefficient (Wildman–Crippen LogP) is 2.94. The van der Waals surface area contributed by atoms with Gasteiger partial charge < -0.3 is 10.1 Å². The van der Waals surface area contributed by atoms with Gasteiger partial charge in [0.25, 0.3) is 5.91 Å². The van der Waals surface area contributed by atoms with Gasteiger partial charge in [0.1, 0.15) is 17.6 Å². The molecular formula is C23H25ClFN3O4S. The Morgan fingerprint density at radius 2 is 2.03 bits per heavy atom. The van der Waals surface area contributed by atoms with Crippen LogP contribution in [0, 0.1) is 12.7 Å². The lowest BCUT2D eigenvalue weighted by atomic mass is 10.1. The van der Waals surface area contributed by atoms with Gasteiger partial charge in [-0.05, 0) is 55.2 Å². The van der Waals surface area contributed by atoms with Gasteiger partial charge in [0, 0.05) is 17.2 Å². The Labute approximate surface area is 200 Å². The van der Waals surface area contributed by atoms with E-state index in [0.717, 1.165) is 5.56 Å². The zero-order chi connectivity index (χ0) is 23.8. The number of carbonyl (C=O) groups is 3. The standard InChI is InChI=1S/C23H25ClFN3O4S/c1-14-11-16(24)8-9-19(14)32-10-4-7-21(29)27-28-22(30)18-13-33-20(23(31)26-18)12-15-5-2-3-6-17(15)25/h2-3,5-6,8-9,11,18,20H,4,7,10,12-13H2,1H3,(H,26,31)(H,27,29)(H,28,30)/t18-,20+/m1/s1. The van der Waals surface area contributed by atoms with Crippen LogP contribution < -0.4 is 20.9 Å². The molecule has 0 aliphatic carbocycles. The fourth-order valence-electron chi connectivity index (χ4n) is 3.22. The van der Waals surface area contributed by atoms with Crippen LogP contribution in [0.2, 0.25) is 5.02 Å². The van der Waals surface area contributed by atoms with E-state index in [9.17, 15) is 18.8 Å². The van der Waals surface area contributed by atoms with Gasteiger partial charge in [-0.2, -0.15) is 0 Å². The topological polar surface area (TPSA) is 96.5 Å². The number of rotatable bonds is 8. The van der Waals surface area contributed by atoms with E-state index < -0.39 is 17.2 Å². The van der Waals surface area contributed by atoms with Crippen molar-refractivity contribution in [1.82, 2.24) is 16.2 Å². The zero-order valence-corrected chi connectivity index (χ0v) is 19.6. The molecule has 1 aliphatic heterocycles. The molecule has 2 aromatic rings. The number of nitrogens with one attached hydrogen (secondary N) is 3. The summed E-state index contributed by atoms with van der Waals surface area (Å²) in [5.74, 6) is -0.556. The number of benzene rings is 2. The molecule has 7 nitrogen and oxygen atoms in total. The quantitative estimate of drug-likeness (QED) is 0.388. The molecule has 0 spiro atoms. The molecule has 3 N–H and O–H groups in total. The minimum atomic E-state index is -0.782. The number of hydrogen-bond acceptors (Lipinski definition) is 5. The minimum Gasteiger partial charge on any atom is -0.493 e. The number of carbonyl (C=O) groups excluding carboxylic acids is 3. The van der Waals surface area contributed by atoms with Crippen molar-refractivity contribution in [3.8, 4) is 5.75 Å². The zero-order valence-electron chi connectivity index (χ0n) is 18.0. The lowest BCUT2D eigenvalue weighted by Crippen LogP contribution is -2.57. The van der Waals surface area contributed by atoms with E-state index in [1.54, 1.807) is 36.4 Å². The van der Waals surface area contributed by atoms with Gasteiger partial charge in [-0.1, -0.05) is 29.8 Å². The third-order valence-electron chi connectivity index (χ3n) is 5.02. The van der Waals surface area contributed by atoms with Gasteiger partial charge in [-0.25, -0.2) is 4.39 Å². The van der Waals surface area contributed by atoms with Crippen LogP contribution in [0.5, 0.6) is 5.75 Å². The molecule has 33 heavy (non-hydrogen) atoms. The summed E-state index contributed by atoms with van der Waals surface area (Å²) in [4.78, 5) is 36.6. The number of ether oxygens (including phenoxy) is 1. The molecular weight excluding hydrogens is 469 g/mol. The average Bonchev–Trinajstić information content (AvgIpc) is 2.79. The van der Waals surface area contributed by atoms with Crippen LogP contribution in [-0.4, -0.2) is 41.4 Å². The number of amides is 3. The highest BCUT2D eigenvalue weighted by Gasteiger charge is 2.32. The van der Waals surface area contributed by atoms with E-state index in [-0.39, 0.29) is 30.5 Å². The Kier molecular flexibility index (Phi) is 8.96. The smallest absolute Gasteiger partial charge is 0.261 e.